The number of aliphatic carboxylic acids is 1. The van der Waals surface area contributed by atoms with Gasteiger partial charge >= 0.3 is 5.97 Å². The summed E-state index contributed by atoms with van der Waals surface area (Å²) in [5.41, 5.74) is -0.843. The Morgan fingerprint density at radius 2 is 2.05 bits per heavy atom. The number of nitro benzene ring substituents is 1. The van der Waals surface area contributed by atoms with Gasteiger partial charge in [0.1, 0.15) is 5.82 Å². The highest BCUT2D eigenvalue weighted by Gasteiger charge is 2.24. The summed E-state index contributed by atoms with van der Waals surface area (Å²) < 4.78 is 13.7. The van der Waals surface area contributed by atoms with Crippen molar-refractivity contribution < 1.29 is 24.0 Å². The van der Waals surface area contributed by atoms with Gasteiger partial charge in [-0.05, 0) is 19.9 Å². The summed E-state index contributed by atoms with van der Waals surface area (Å²) >= 11 is 0. The van der Waals surface area contributed by atoms with Gasteiger partial charge in [-0.25, -0.2) is 4.39 Å². The SMILES string of the molecule is CC(C)N(CCC(=O)O)C(=O)c1cc([N+](=O)[O-])ccc1F. The normalized spacial score (nSPS) is 10.5. The molecular weight excluding hydrogens is 283 g/mol. The fourth-order valence-corrected chi connectivity index (χ4v) is 1.76. The molecule has 0 saturated heterocycles. The van der Waals surface area contributed by atoms with E-state index in [1.54, 1.807) is 13.8 Å². The minimum atomic E-state index is -1.09. The minimum absolute atomic E-state index is 0.103. The van der Waals surface area contributed by atoms with E-state index in [1.165, 1.54) is 0 Å². The number of rotatable bonds is 6. The molecule has 0 atom stereocenters. The van der Waals surface area contributed by atoms with Gasteiger partial charge in [-0.2, -0.15) is 0 Å². The van der Waals surface area contributed by atoms with E-state index >= 15 is 0 Å². The minimum Gasteiger partial charge on any atom is -0.481 e. The van der Waals surface area contributed by atoms with Gasteiger partial charge in [-0.1, -0.05) is 0 Å². The van der Waals surface area contributed by atoms with Crippen LogP contribution in [0.2, 0.25) is 0 Å². The van der Waals surface area contributed by atoms with Crippen LogP contribution in [-0.2, 0) is 4.79 Å². The standard InChI is InChI=1S/C13H15FN2O5/c1-8(2)15(6-5-12(17)18)13(19)10-7-9(16(20)21)3-4-11(10)14/h3-4,7-8H,5-6H2,1-2H3,(H,17,18). The maximum atomic E-state index is 13.7. The number of carbonyl (C=O) groups excluding carboxylic acids is 1. The zero-order chi connectivity index (χ0) is 16.2. The first-order valence-electron chi connectivity index (χ1n) is 6.20. The van der Waals surface area contributed by atoms with Crippen molar-refractivity contribution in [1.29, 1.82) is 0 Å². The molecule has 0 unspecified atom stereocenters. The molecule has 0 saturated carbocycles. The Balaban J connectivity index is 3.11. The summed E-state index contributed by atoms with van der Waals surface area (Å²) in [4.78, 5) is 34.0. The van der Waals surface area contributed by atoms with Gasteiger partial charge in [0.2, 0.25) is 0 Å². The molecule has 0 aliphatic carbocycles. The molecule has 1 rings (SSSR count). The van der Waals surface area contributed by atoms with Gasteiger partial charge in [0.05, 0.1) is 16.9 Å². The number of halogens is 1. The first-order chi connectivity index (χ1) is 9.73. The van der Waals surface area contributed by atoms with Crippen molar-refractivity contribution in [3.63, 3.8) is 0 Å². The van der Waals surface area contributed by atoms with Crippen molar-refractivity contribution in [1.82, 2.24) is 4.90 Å². The zero-order valence-corrected chi connectivity index (χ0v) is 11.6. The van der Waals surface area contributed by atoms with Gasteiger partial charge in [-0.15, -0.1) is 0 Å². The molecular formula is C13H15FN2O5. The zero-order valence-electron chi connectivity index (χ0n) is 11.6. The predicted molar refractivity (Wildman–Crippen MR) is 71.5 cm³/mol. The second-order valence-corrected chi connectivity index (χ2v) is 4.66. The summed E-state index contributed by atoms with van der Waals surface area (Å²) in [6.45, 7) is 3.19. The lowest BCUT2D eigenvalue weighted by Crippen LogP contribution is -2.39. The molecule has 1 aromatic rings. The highest BCUT2D eigenvalue weighted by Crippen LogP contribution is 2.19. The summed E-state index contributed by atoms with van der Waals surface area (Å²) in [7, 11) is 0. The number of hydrogen-bond acceptors (Lipinski definition) is 4. The number of nitro groups is 1. The Kier molecular flexibility index (Phi) is 5.34. The molecule has 21 heavy (non-hydrogen) atoms. The van der Waals surface area contributed by atoms with E-state index in [0.29, 0.717) is 0 Å². The third kappa shape index (κ3) is 4.23. The van der Waals surface area contributed by atoms with Gasteiger partial charge in [0.15, 0.2) is 0 Å². The molecule has 1 N–H and O–H groups in total. The average molecular weight is 298 g/mol. The molecule has 1 amide bonds. The van der Waals surface area contributed by atoms with Gasteiger partial charge in [0.25, 0.3) is 11.6 Å². The van der Waals surface area contributed by atoms with Crippen LogP contribution in [-0.4, -0.2) is 39.4 Å². The van der Waals surface area contributed by atoms with Crippen molar-refractivity contribution in [2.45, 2.75) is 26.3 Å². The number of benzene rings is 1. The lowest BCUT2D eigenvalue weighted by atomic mass is 10.1. The number of hydrogen-bond donors (Lipinski definition) is 1. The van der Waals surface area contributed by atoms with E-state index < -0.39 is 33.9 Å². The maximum Gasteiger partial charge on any atom is 0.305 e. The summed E-state index contributed by atoms with van der Waals surface area (Å²) in [6, 6.07) is 2.30. The molecule has 8 heteroatoms. The van der Waals surface area contributed by atoms with Gasteiger partial charge in [-0.3, -0.25) is 19.7 Å². The summed E-state index contributed by atoms with van der Waals surface area (Å²) in [6.07, 6.45) is -0.291. The van der Waals surface area contributed by atoms with Crippen LogP contribution in [0.1, 0.15) is 30.6 Å². The van der Waals surface area contributed by atoms with E-state index in [1.807, 2.05) is 0 Å². The van der Waals surface area contributed by atoms with Crippen LogP contribution in [0.3, 0.4) is 0 Å². The second kappa shape index (κ2) is 6.78. The van der Waals surface area contributed by atoms with Crippen LogP contribution in [0, 0.1) is 15.9 Å². The molecule has 0 fully saturated rings. The Hall–Kier alpha value is -2.51. The molecule has 7 nitrogen and oxygen atoms in total. The third-order valence-electron chi connectivity index (χ3n) is 2.84. The monoisotopic (exact) mass is 298 g/mol. The van der Waals surface area contributed by atoms with Crippen LogP contribution in [0.25, 0.3) is 0 Å². The number of non-ortho nitro benzene ring substituents is 1. The van der Waals surface area contributed by atoms with Crippen molar-refractivity contribution in [2.24, 2.45) is 0 Å². The fourth-order valence-electron chi connectivity index (χ4n) is 1.76. The van der Waals surface area contributed by atoms with Crippen LogP contribution in [0.4, 0.5) is 10.1 Å². The third-order valence-corrected chi connectivity index (χ3v) is 2.84. The molecule has 0 aromatic heterocycles. The molecule has 1 aromatic carbocycles. The number of amides is 1. The summed E-state index contributed by atoms with van der Waals surface area (Å²) in [5, 5.41) is 19.4. The number of carbonyl (C=O) groups is 2. The van der Waals surface area contributed by atoms with Crippen molar-refractivity contribution >= 4 is 17.6 Å². The fraction of sp³-hybridized carbons (Fsp3) is 0.385. The number of carboxylic acid groups (broad SMARTS) is 1. The molecule has 114 valence electrons. The average Bonchev–Trinajstić information content (AvgIpc) is 2.38. The molecule has 0 heterocycles. The first kappa shape index (κ1) is 16.5. The largest absolute Gasteiger partial charge is 0.481 e. The lowest BCUT2D eigenvalue weighted by molar-refractivity contribution is -0.384. The Morgan fingerprint density at radius 3 is 2.52 bits per heavy atom. The molecule has 0 aliphatic rings. The molecule has 0 aliphatic heterocycles. The number of carboxylic acids is 1. The van der Waals surface area contributed by atoms with E-state index in [0.717, 1.165) is 23.1 Å². The Bertz CT molecular complexity index is 574. The van der Waals surface area contributed by atoms with Crippen molar-refractivity contribution in [3.8, 4) is 0 Å². The van der Waals surface area contributed by atoms with E-state index in [-0.39, 0.29) is 19.0 Å². The lowest BCUT2D eigenvalue weighted by Gasteiger charge is -2.26. The van der Waals surface area contributed by atoms with Crippen LogP contribution < -0.4 is 0 Å². The highest BCUT2D eigenvalue weighted by atomic mass is 19.1. The van der Waals surface area contributed by atoms with Gasteiger partial charge in [0, 0.05) is 24.7 Å². The van der Waals surface area contributed by atoms with Crippen molar-refractivity contribution in [2.75, 3.05) is 6.54 Å². The summed E-state index contributed by atoms with van der Waals surface area (Å²) in [5.74, 6) is -2.74. The molecule has 0 radical (unpaired) electrons. The predicted octanol–water partition coefficient (Wildman–Crippen LogP) is 2.06. The van der Waals surface area contributed by atoms with Crippen LogP contribution >= 0.6 is 0 Å². The maximum absolute atomic E-state index is 13.7. The number of nitrogens with zero attached hydrogens (tertiary/aromatic N) is 2. The van der Waals surface area contributed by atoms with Crippen LogP contribution in [0.5, 0.6) is 0 Å². The molecule has 0 spiro atoms. The van der Waals surface area contributed by atoms with E-state index in [9.17, 15) is 24.1 Å². The second-order valence-electron chi connectivity index (χ2n) is 4.66. The Morgan fingerprint density at radius 1 is 1.43 bits per heavy atom. The topological polar surface area (TPSA) is 101 Å². The highest BCUT2D eigenvalue weighted by molar-refractivity contribution is 5.95. The van der Waals surface area contributed by atoms with Crippen molar-refractivity contribution in [3.05, 3.63) is 39.7 Å². The smallest absolute Gasteiger partial charge is 0.305 e. The molecule has 0 bridgehead atoms. The van der Waals surface area contributed by atoms with Gasteiger partial charge < -0.3 is 10.0 Å². The quantitative estimate of drug-likeness (QED) is 0.640. The van der Waals surface area contributed by atoms with Crippen LogP contribution in [0.15, 0.2) is 18.2 Å². The van der Waals surface area contributed by atoms with E-state index in [2.05, 4.69) is 0 Å². The van der Waals surface area contributed by atoms with E-state index in [4.69, 9.17) is 5.11 Å². The Labute approximate surface area is 120 Å². The first-order valence-corrected chi connectivity index (χ1v) is 6.20.